The lowest BCUT2D eigenvalue weighted by molar-refractivity contribution is -0.119. The molecule has 0 fully saturated rings. The Balaban J connectivity index is 3.15. The van der Waals surface area contributed by atoms with Crippen molar-refractivity contribution < 1.29 is 4.79 Å². The largest absolute Gasteiger partial charge is 0.298 e. The van der Waals surface area contributed by atoms with Crippen molar-refractivity contribution in [3.63, 3.8) is 0 Å². The van der Waals surface area contributed by atoms with Crippen LogP contribution in [0.25, 0.3) is 0 Å². The Hall–Kier alpha value is -1.12. The smallest absolute Gasteiger partial charge is 0.154 e. The van der Waals surface area contributed by atoms with E-state index in [4.69, 9.17) is 0 Å². The molecule has 1 aromatic rings. The fourth-order valence-electron chi connectivity index (χ4n) is 1.29. The SMILES string of the molecule is CC(=O)C(C)n1nc(C)c(C)c1C. The monoisotopic (exact) mass is 180 g/mol. The van der Waals surface area contributed by atoms with E-state index in [9.17, 15) is 4.79 Å². The van der Waals surface area contributed by atoms with Crippen LogP contribution in [0.5, 0.6) is 0 Å². The van der Waals surface area contributed by atoms with E-state index in [0.717, 1.165) is 11.4 Å². The van der Waals surface area contributed by atoms with Crippen molar-refractivity contribution in [2.75, 3.05) is 0 Å². The van der Waals surface area contributed by atoms with Crippen molar-refractivity contribution in [2.45, 2.75) is 40.7 Å². The first-order chi connectivity index (χ1) is 5.95. The molecule has 0 aliphatic heterocycles. The van der Waals surface area contributed by atoms with Crippen molar-refractivity contribution in [3.05, 3.63) is 17.0 Å². The van der Waals surface area contributed by atoms with Crippen LogP contribution in [0.4, 0.5) is 0 Å². The van der Waals surface area contributed by atoms with E-state index in [-0.39, 0.29) is 11.8 Å². The number of ketones is 1. The molecule has 0 aliphatic carbocycles. The van der Waals surface area contributed by atoms with Gasteiger partial charge in [0.15, 0.2) is 5.78 Å². The number of aryl methyl sites for hydroxylation is 1. The Morgan fingerprint density at radius 2 is 1.92 bits per heavy atom. The predicted molar refractivity (Wildman–Crippen MR) is 51.8 cm³/mol. The first-order valence-electron chi connectivity index (χ1n) is 4.48. The van der Waals surface area contributed by atoms with Crippen LogP contribution in [-0.2, 0) is 4.79 Å². The quantitative estimate of drug-likeness (QED) is 0.697. The molecule has 1 aromatic heterocycles. The van der Waals surface area contributed by atoms with Crippen LogP contribution in [0.15, 0.2) is 0 Å². The average Bonchev–Trinajstić information content (AvgIpc) is 2.31. The van der Waals surface area contributed by atoms with Gasteiger partial charge in [0.2, 0.25) is 0 Å². The Morgan fingerprint density at radius 1 is 1.38 bits per heavy atom. The van der Waals surface area contributed by atoms with Crippen LogP contribution < -0.4 is 0 Å². The summed E-state index contributed by atoms with van der Waals surface area (Å²) in [4.78, 5) is 11.2. The van der Waals surface area contributed by atoms with E-state index in [0.29, 0.717) is 0 Å². The second kappa shape index (κ2) is 3.32. The van der Waals surface area contributed by atoms with E-state index in [2.05, 4.69) is 5.10 Å². The molecule has 0 amide bonds. The third-order valence-corrected chi connectivity index (χ3v) is 2.64. The molecule has 0 N–H and O–H groups in total. The summed E-state index contributed by atoms with van der Waals surface area (Å²) in [7, 11) is 0. The summed E-state index contributed by atoms with van der Waals surface area (Å²) in [5.74, 6) is 0.144. The van der Waals surface area contributed by atoms with Crippen LogP contribution in [-0.4, -0.2) is 15.6 Å². The van der Waals surface area contributed by atoms with E-state index < -0.39 is 0 Å². The van der Waals surface area contributed by atoms with Gasteiger partial charge in [0, 0.05) is 5.69 Å². The fraction of sp³-hybridized carbons (Fsp3) is 0.600. The highest BCUT2D eigenvalue weighted by atomic mass is 16.1. The lowest BCUT2D eigenvalue weighted by Gasteiger charge is -2.10. The van der Waals surface area contributed by atoms with Crippen LogP contribution in [0.3, 0.4) is 0 Å². The van der Waals surface area contributed by atoms with Crippen LogP contribution in [0, 0.1) is 20.8 Å². The number of carbonyl (C=O) groups is 1. The van der Waals surface area contributed by atoms with Gasteiger partial charge in [-0.05, 0) is 40.2 Å². The van der Waals surface area contributed by atoms with E-state index in [1.54, 1.807) is 11.6 Å². The summed E-state index contributed by atoms with van der Waals surface area (Å²) < 4.78 is 1.80. The molecule has 0 saturated carbocycles. The van der Waals surface area contributed by atoms with Crippen molar-refractivity contribution in [3.8, 4) is 0 Å². The summed E-state index contributed by atoms with van der Waals surface area (Å²) in [6.45, 7) is 9.46. The third-order valence-electron chi connectivity index (χ3n) is 2.64. The molecule has 0 saturated heterocycles. The van der Waals surface area contributed by atoms with Gasteiger partial charge < -0.3 is 0 Å². The number of hydrogen-bond acceptors (Lipinski definition) is 2. The number of rotatable bonds is 2. The van der Waals surface area contributed by atoms with Crippen molar-refractivity contribution in [2.24, 2.45) is 0 Å². The lowest BCUT2D eigenvalue weighted by atomic mass is 10.2. The molecule has 72 valence electrons. The molecule has 3 nitrogen and oxygen atoms in total. The molecule has 0 spiro atoms. The van der Waals surface area contributed by atoms with Gasteiger partial charge in [-0.25, -0.2) is 0 Å². The Morgan fingerprint density at radius 3 is 2.23 bits per heavy atom. The molecule has 1 atom stereocenters. The zero-order valence-electron chi connectivity index (χ0n) is 8.88. The summed E-state index contributed by atoms with van der Waals surface area (Å²) in [5.41, 5.74) is 3.26. The molecule has 13 heavy (non-hydrogen) atoms. The summed E-state index contributed by atoms with van der Waals surface area (Å²) >= 11 is 0. The van der Waals surface area contributed by atoms with Gasteiger partial charge in [-0.15, -0.1) is 0 Å². The first-order valence-corrected chi connectivity index (χ1v) is 4.48. The number of carbonyl (C=O) groups excluding carboxylic acids is 1. The van der Waals surface area contributed by atoms with Crippen molar-refractivity contribution >= 4 is 5.78 Å². The first kappa shape index (κ1) is 9.96. The molecule has 0 aliphatic rings. The Bertz CT molecular complexity index is 339. The summed E-state index contributed by atoms with van der Waals surface area (Å²) in [5, 5.41) is 4.33. The van der Waals surface area contributed by atoms with Crippen molar-refractivity contribution in [1.29, 1.82) is 0 Å². The highest BCUT2D eigenvalue weighted by molar-refractivity contribution is 5.79. The summed E-state index contributed by atoms with van der Waals surface area (Å²) in [6.07, 6.45) is 0. The maximum Gasteiger partial charge on any atom is 0.154 e. The molecular weight excluding hydrogens is 164 g/mol. The van der Waals surface area contributed by atoms with Gasteiger partial charge in [-0.2, -0.15) is 5.10 Å². The van der Waals surface area contributed by atoms with E-state index in [1.165, 1.54) is 5.56 Å². The zero-order valence-corrected chi connectivity index (χ0v) is 8.88. The molecule has 0 radical (unpaired) electrons. The molecule has 0 aromatic carbocycles. The Kier molecular flexibility index (Phi) is 2.55. The van der Waals surface area contributed by atoms with Crippen LogP contribution >= 0.6 is 0 Å². The Labute approximate surface area is 78.8 Å². The fourth-order valence-corrected chi connectivity index (χ4v) is 1.29. The van der Waals surface area contributed by atoms with Gasteiger partial charge in [-0.1, -0.05) is 0 Å². The maximum absolute atomic E-state index is 11.2. The highest BCUT2D eigenvalue weighted by Gasteiger charge is 2.15. The second-order valence-corrected chi connectivity index (χ2v) is 3.53. The number of aromatic nitrogens is 2. The van der Waals surface area contributed by atoms with Gasteiger partial charge >= 0.3 is 0 Å². The maximum atomic E-state index is 11.2. The number of nitrogens with zero attached hydrogens (tertiary/aromatic N) is 2. The minimum Gasteiger partial charge on any atom is -0.298 e. The van der Waals surface area contributed by atoms with Gasteiger partial charge in [0.1, 0.15) is 6.04 Å². The van der Waals surface area contributed by atoms with Gasteiger partial charge in [-0.3, -0.25) is 9.48 Å². The predicted octanol–water partition coefficient (Wildman–Crippen LogP) is 1.96. The van der Waals surface area contributed by atoms with Gasteiger partial charge in [0.25, 0.3) is 0 Å². The molecule has 1 rings (SSSR count). The normalized spacial score (nSPS) is 13.0. The minimum atomic E-state index is -0.146. The topological polar surface area (TPSA) is 34.9 Å². The zero-order chi connectivity index (χ0) is 10.2. The molecule has 0 bridgehead atoms. The van der Waals surface area contributed by atoms with E-state index >= 15 is 0 Å². The molecule has 3 heteroatoms. The van der Waals surface area contributed by atoms with E-state index in [1.807, 2.05) is 27.7 Å². The standard InChI is InChI=1S/C10H16N2O/c1-6-7(2)11-12(8(6)3)9(4)10(5)13/h9H,1-5H3. The number of Topliss-reactive ketones (excluding diaryl/α,β-unsaturated/α-hetero) is 1. The molecular formula is C10H16N2O. The third kappa shape index (κ3) is 1.64. The highest BCUT2D eigenvalue weighted by Crippen LogP contribution is 2.16. The van der Waals surface area contributed by atoms with Gasteiger partial charge in [0.05, 0.1) is 5.69 Å². The number of hydrogen-bond donors (Lipinski definition) is 0. The van der Waals surface area contributed by atoms with Crippen molar-refractivity contribution in [1.82, 2.24) is 9.78 Å². The molecule has 1 heterocycles. The summed E-state index contributed by atoms with van der Waals surface area (Å²) in [6, 6.07) is -0.146. The minimum absolute atomic E-state index is 0.144. The second-order valence-electron chi connectivity index (χ2n) is 3.53. The molecule has 1 unspecified atom stereocenters. The van der Waals surface area contributed by atoms with Crippen LogP contribution in [0.1, 0.15) is 36.8 Å². The lowest BCUT2D eigenvalue weighted by Crippen LogP contribution is -2.16. The van der Waals surface area contributed by atoms with Crippen LogP contribution in [0.2, 0.25) is 0 Å². The average molecular weight is 180 g/mol.